The monoisotopic (exact) mass is 115 g/mol. The van der Waals surface area contributed by atoms with E-state index in [1.54, 1.807) is 0 Å². The number of carbonyl (C=O) groups is 1. The summed E-state index contributed by atoms with van der Waals surface area (Å²) in [6.45, 7) is 0.525. The van der Waals surface area contributed by atoms with E-state index in [0.29, 0.717) is 6.54 Å². The van der Waals surface area contributed by atoms with E-state index in [1.807, 2.05) is 0 Å². The third kappa shape index (κ3) is 0.816. The normalized spacial score (nSPS) is 34.6. The van der Waals surface area contributed by atoms with Crippen molar-refractivity contribution in [3.05, 3.63) is 0 Å². The van der Waals surface area contributed by atoms with Gasteiger partial charge in [0.25, 0.3) is 0 Å². The maximum Gasteiger partial charge on any atom is 0.306 e. The van der Waals surface area contributed by atoms with Crippen molar-refractivity contribution in [2.45, 2.75) is 6.42 Å². The first-order valence-corrected chi connectivity index (χ1v) is 2.68. The van der Waals surface area contributed by atoms with Gasteiger partial charge in [-0.2, -0.15) is 0 Å². The average molecular weight is 115 g/mol. The lowest BCUT2D eigenvalue weighted by Crippen LogP contribution is -2.07. The van der Waals surface area contributed by atoms with Crippen molar-refractivity contribution in [1.29, 1.82) is 0 Å². The van der Waals surface area contributed by atoms with Gasteiger partial charge in [0.1, 0.15) is 0 Å². The molecule has 3 nitrogen and oxygen atoms in total. The van der Waals surface area contributed by atoms with Gasteiger partial charge in [-0.05, 0) is 18.9 Å². The predicted octanol–water partition coefficient (Wildman–Crippen LogP) is -0.334. The number of rotatable bonds is 2. The molecule has 0 aliphatic heterocycles. The van der Waals surface area contributed by atoms with Gasteiger partial charge in [0.2, 0.25) is 0 Å². The molecule has 3 N–H and O–H groups in total. The maximum absolute atomic E-state index is 10.1. The summed E-state index contributed by atoms with van der Waals surface area (Å²) >= 11 is 0. The van der Waals surface area contributed by atoms with E-state index in [4.69, 9.17) is 10.8 Å². The molecule has 0 aromatic carbocycles. The lowest BCUT2D eigenvalue weighted by Gasteiger charge is -1.85. The van der Waals surface area contributed by atoms with Crippen molar-refractivity contribution < 1.29 is 9.90 Å². The van der Waals surface area contributed by atoms with Crippen LogP contribution in [0.25, 0.3) is 0 Å². The zero-order valence-corrected chi connectivity index (χ0v) is 4.50. The van der Waals surface area contributed by atoms with Crippen molar-refractivity contribution in [3.8, 4) is 0 Å². The molecule has 0 unspecified atom stereocenters. The van der Waals surface area contributed by atoms with Crippen LogP contribution < -0.4 is 5.73 Å². The van der Waals surface area contributed by atoms with Crippen LogP contribution in [0.4, 0.5) is 0 Å². The topological polar surface area (TPSA) is 63.3 Å². The molecule has 1 aliphatic rings. The highest BCUT2D eigenvalue weighted by molar-refractivity contribution is 5.73. The van der Waals surface area contributed by atoms with Crippen LogP contribution in [0, 0.1) is 11.8 Å². The molecule has 0 heterocycles. The van der Waals surface area contributed by atoms with Crippen molar-refractivity contribution in [2.75, 3.05) is 6.54 Å². The molecule has 1 aliphatic carbocycles. The first kappa shape index (κ1) is 5.56. The van der Waals surface area contributed by atoms with Crippen LogP contribution in [-0.2, 0) is 4.79 Å². The number of hydrogen-bond acceptors (Lipinski definition) is 2. The molecule has 0 saturated heterocycles. The Kier molecular flexibility index (Phi) is 1.21. The van der Waals surface area contributed by atoms with E-state index < -0.39 is 5.97 Å². The smallest absolute Gasteiger partial charge is 0.306 e. The number of aliphatic carboxylic acids is 1. The Hall–Kier alpha value is -0.570. The minimum Gasteiger partial charge on any atom is -0.481 e. The van der Waals surface area contributed by atoms with Gasteiger partial charge in [-0.1, -0.05) is 0 Å². The third-order valence-electron chi connectivity index (χ3n) is 1.54. The summed E-state index contributed by atoms with van der Waals surface area (Å²) in [7, 11) is 0. The van der Waals surface area contributed by atoms with Crippen LogP contribution in [0.5, 0.6) is 0 Å². The van der Waals surface area contributed by atoms with Gasteiger partial charge < -0.3 is 10.8 Å². The molecule has 0 aromatic heterocycles. The van der Waals surface area contributed by atoms with Gasteiger partial charge in [0, 0.05) is 0 Å². The molecule has 1 fully saturated rings. The maximum atomic E-state index is 10.1. The van der Waals surface area contributed by atoms with Gasteiger partial charge in [-0.25, -0.2) is 0 Å². The number of nitrogens with two attached hydrogens (primary N) is 1. The SMILES string of the molecule is NC[C@H]1C[C@H]1C(=O)O. The summed E-state index contributed by atoms with van der Waals surface area (Å²) in [5.74, 6) is -0.548. The molecule has 2 atom stereocenters. The van der Waals surface area contributed by atoms with E-state index in [1.165, 1.54) is 0 Å². The minimum atomic E-state index is -0.694. The molecule has 1 saturated carbocycles. The summed E-state index contributed by atoms with van der Waals surface area (Å²) < 4.78 is 0. The van der Waals surface area contributed by atoms with Gasteiger partial charge in [0.05, 0.1) is 5.92 Å². The standard InChI is InChI=1S/C5H9NO2/c6-2-3-1-4(3)5(7)8/h3-4H,1-2,6H2,(H,7,8)/t3-,4-/m1/s1. The van der Waals surface area contributed by atoms with Gasteiger partial charge >= 0.3 is 5.97 Å². The molecule has 0 spiro atoms. The molecule has 1 rings (SSSR count). The summed E-state index contributed by atoms with van der Waals surface area (Å²) in [6.07, 6.45) is 0.784. The summed E-state index contributed by atoms with van der Waals surface area (Å²) in [5, 5.41) is 8.30. The number of hydrogen-bond donors (Lipinski definition) is 2. The quantitative estimate of drug-likeness (QED) is 0.517. The van der Waals surface area contributed by atoms with Crippen LogP contribution in [0.1, 0.15) is 6.42 Å². The van der Waals surface area contributed by atoms with Crippen LogP contribution in [-0.4, -0.2) is 17.6 Å². The van der Waals surface area contributed by atoms with Crippen LogP contribution in [0.2, 0.25) is 0 Å². The van der Waals surface area contributed by atoms with Crippen LogP contribution >= 0.6 is 0 Å². The van der Waals surface area contributed by atoms with Gasteiger partial charge in [-0.3, -0.25) is 4.79 Å². The summed E-state index contributed by atoms with van der Waals surface area (Å²) in [4.78, 5) is 10.1. The van der Waals surface area contributed by atoms with E-state index in [0.717, 1.165) is 6.42 Å². The summed E-state index contributed by atoms with van der Waals surface area (Å²) in [5.41, 5.74) is 5.20. The van der Waals surface area contributed by atoms with E-state index in [2.05, 4.69) is 0 Å². The molecule has 0 aromatic rings. The second-order valence-corrected chi connectivity index (χ2v) is 2.18. The lowest BCUT2D eigenvalue weighted by molar-refractivity contribution is -0.138. The Morgan fingerprint density at radius 1 is 1.88 bits per heavy atom. The Labute approximate surface area is 47.5 Å². The number of carboxylic acids is 1. The Bertz CT molecular complexity index is 113. The van der Waals surface area contributed by atoms with E-state index in [9.17, 15) is 4.79 Å². The molecule has 8 heavy (non-hydrogen) atoms. The first-order chi connectivity index (χ1) is 3.75. The zero-order valence-electron chi connectivity index (χ0n) is 4.50. The highest BCUT2D eigenvalue weighted by Gasteiger charge is 2.41. The molecule has 0 amide bonds. The Morgan fingerprint density at radius 3 is 2.62 bits per heavy atom. The lowest BCUT2D eigenvalue weighted by atomic mass is 10.3. The zero-order chi connectivity index (χ0) is 6.15. The first-order valence-electron chi connectivity index (χ1n) is 2.68. The second kappa shape index (κ2) is 1.74. The number of carboxylic acid groups (broad SMARTS) is 1. The fourth-order valence-corrected chi connectivity index (χ4v) is 0.811. The van der Waals surface area contributed by atoms with E-state index >= 15 is 0 Å². The fourth-order valence-electron chi connectivity index (χ4n) is 0.811. The second-order valence-electron chi connectivity index (χ2n) is 2.18. The van der Waals surface area contributed by atoms with Crippen LogP contribution in [0.15, 0.2) is 0 Å². The Morgan fingerprint density at radius 2 is 2.50 bits per heavy atom. The van der Waals surface area contributed by atoms with Crippen molar-refractivity contribution in [2.24, 2.45) is 17.6 Å². The average Bonchev–Trinajstić information content (AvgIpc) is 2.42. The molecule has 0 radical (unpaired) electrons. The van der Waals surface area contributed by atoms with Crippen molar-refractivity contribution in [3.63, 3.8) is 0 Å². The minimum absolute atomic E-state index is 0.125. The highest BCUT2D eigenvalue weighted by atomic mass is 16.4. The molecular weight excluding hydrogens is 106 g/mol. The molecule has 46 valence electrons. The van der Waals surface area contributed by atoms with Crippen molar-refractivity contribution in [1.82, 2.24) is 0 Å². The predicted molar refractivity (Wildman–Crippen MR) is 28.3 cm³/mol. The molecule has 0 bridgehead atoms. The van der Waals surface area contributed by atoms with Crippen molar-refractivity contribution >= 4 is 5.97 Å². The molecule has 3 heteroatoms. The molecular formula is C5H9NO2. The van der Waals surface area contributed by atoms with Gasteiger partial charge in [0.15, 0.2) is 0 Å². The Balaban J connectivity index is 2.26. The van der Waals surface area contributed by atoms with E-state index in [-0.39, 0.29) is 11.8 Å². The highest BCUT2D eigenvalue weighted by Crippen LogP contribution is 2.37. The van der Waals surface area contributed by atoms with Crippen LogP contribution in [0.3, 0.4) is 0 Å². The third-order valence-corrected chi connectivity index (χ3v) is 1.54. The fraction of sp³-hybridized carbons (Fsp3) is 0.800. The summed E-state index contributed by atoms with van der Waals surface area (Å²) in [6, 6.07) is 0. The van der Waals surface area contributed by atoms with Gasteiger partial charge in [-0.15, -0.1) is 0 Å². The largest absolute Gasteiger partial charge is 0.481 e.